The van der Waals surface area contributed by atoms with E-state index >= 15 is 0 Å². The van der Waals surface area contributed by atoms with Gasteiger partial charge in [0.05, 0.1) is 11.9 Å². The summed E-state index contributed by atoms with van der Waals surface area (Å²) < 4.78 is 25.4. The number of hydrogen-bond acceptors (Lipinski definition) is 3. The maximum atomic E-state index is 12.1. The molecule has 0 bridgehead atoms. The number of carbonyl (C=O) groups is 1. The second-order valence-corrected chi connectivity index (χ2v) is 6.80. The number of hydrogen-bond donors (Lipinski definition) is 1. The lowest BCUT2D eigenvalue weighted by Gasteiger charge is -2.30. The van der Waals surface area contributed by atoms with Crippen LogP contribution in [0, 0.1) is 13.8 Å². The summed E-state index contributed by atoms with van der Waals surface area (Å²) in [4.78, 5) is 12.0. The fraction of sp³-hybridized carbons (Fsp3) is 0.500. The Bertz CT molecular complexity index is 576. The summed E-state index contributed by atoms with van der Waals surface area (Å²) in [5.74, 6) is -0.308. The van der Waals surface area contributed by atoms with Crippen LogP contribution in [-0.4, -0.2) is 33.7 Å². The first kappa shape index (κ1) is 16.5. The van der Waals surface area contributed by atoms with Crippen molar-refractivity contribution in [1.29, 1.82) is 0 Å². The highest BCUT2D eigenvalue weighted by Crippen LogP contribution is 2.25. The minimum Gasteiger partial charge on any atom is -0.357 e. The maximum Gasteiger partial charge on any atom is 0.243 e. The molecule has 0 saturated heterocycles. The number of anilines is 1. The molecule has 1 atom stereocenters. The summed E-state index contributed by atoms with van der Waals surface area (Å²) in [6, 6.07) is 4.78. The van der Waals surface area contributed by atoms with Crippen LogP contribution in [0.15, 0.2) is 18.2 Å². The molecule has 0 aromatic heterocycles. The molecule has 1 rings (SSSR count). The zero-order valence-electron chi connectivity index (χ0n) is 12.6. The van der Waals surface area contributed by atoms with Crippen LogP contribution in [0.1, 0.15) is 24.5 Å². The lowest BCUT2D eigenvalue weighted by atomic mass is 10.1. The van der Waals surface area contributed by atoms with Gasteiger partial charge in [-0.2, -0.15) is 0 Å². The molecule has 0 aliphatic carbocycles. The zero-order chi connectivity index (χ0) is 15.5. The predicted octanol–water partition coefficient (Wildman–Crippen LogP) is 1.59. The number of aryl methyl sites for hydroxylation is 2. The highest BCUT2D eigenvalue weighted by molar-refractivity contribution is 7.92. The van der Waals surface area contributed by atoms with E-state index in [0.29, 0.717) is 12.1 Å². The van der Waals surface area contributed by atoms with E-state index in [1.807, 2.05) is 19.9 Å². The molecule has 0 heterocycles. The number of sulfonamides is 1. The van der Waals surface area contributed by atoms with Crippen LogP contribution >= 0.6 is 0 Å². The Hall–Kier alpha value is -1.56. The lowest BCUT2D eigenvalue weighted by molar-refractivity contribution is -0.121. The second-order valence-electron chi connectivity index (χ2n) is 4.94. The first-order valence-corrected chi connectivity index (χ1v) is 8.34. The molecule has 20 heavy (non-hydrogen) atoms. The van der Waals surface area contributed by atoms with Gasteiger partial charge in [-0.15, -0.1) is 0 Å². The Kier molecular flexibility index (Phi) is 5.16. The van der Waals surface area contributed by atoms with Gasteiger partial charge in [-0.1, -0.05) is 13.0 Å². The predicted molar refractivity (Wildman–Crippen MR) is 81.4 cm³/mol. The molecule has 0 radical (unpaired) electrons. The summed E-state index contributed by atoms with van der Waals surface area (Å²) in [5, 5.41) is 2.52. The molecule has 0 fully saturated rings. The van der Waals surface area contributed by atoms with E-state index in [1.165, 1.54) is 11.4 Å². The van der Waals surface area contributed by atoms with Crippen LogP contribution in [0.5, 0.6) is 0 Å². The van der Waals surface area contributed by atoms with Gasteiger partial charge in [-0.3, -0.25) is 9.10 Å². The number of likely N-dealkylation sites (N-methyl/N-ethyl adjacent to an activating group) is 1. The Balaban J connectivity index is 3.43. The van der Waals surface area contributed by atoms with Crippen molar-refractivity contribution in [2.45, 2.75) is 33.2 Å². The largest absolute Gasteiger partial charge is 0.357 e. The minimum absolute atomic E-state index is 0.308. The van der Waals surface area contributed by atoms with Gasteiger partial charge >= 0.3 is 0 Å². The first-order valence-electron chi connectivity index (χ1n) is 6.50. The van der Waals surface area contributed by atoms with Crippen molar-refractivity contribution in [2.24, 2.45) is 0 Å². The van der Waals surface area contributed by atoms with E-state index in [1.54, 1.807) is 19.1 Å². The van der Waals surface area contributed by atoms with Gasteiger partial charge < -0.3 is 5.32 Å². The third-order valence-electron chi connectivity index (χ3n) is 3.04. The Morgan fingerprint density at radius 1 is 1.25 bits per heavy atom. The number of carbonyl (C=O) groups excluding carboxylic acids is 1. The van der Waals surface area contributed by atoms with Gasteiger partial charge in [0.15, 0.2) is 0 Å². The fourth-order valence-corrected chi connectivity index (χ4v) is 3.50. The minimum atomic E-state index is -3.55. The van der Waals surface area contributed by atoms with E-state index in [0.717, 1.165) is 17.4 Å². The Morgan fingerprint density at radius 2 is 1.75 bits per heavy atom. The van der Waals surface area contributed by atoms with Gasteiger partial charge in [-0.25, -0.2) is 8.42 Å². The van der Waals surface area contributed by atoms with Crippen molar-refractivity contribution in [3.63, 3.8) is 0 Å². The molecule has 0 unspecified atom stereocenters. The average molecular weight is 298 g/mol. The molecular weight excluding hydrogens is 276 g/mol. The topological polar surface area (TPSA) is 66.5 Å². The van der Waals surface area contributed by atoms with E-state index < -0.39 is 16.1 Å². The van der Waals surface area contributed by atoms with E-state index in [9.17, 15) is 13.2 Å². The highest BCUT2D eigenvalue weighted by atomic mass is 32.2. The molecule has 0 spiro atoms. The number of nitrogens with one attached hydrogen (secondary N) is 1. The van der Waals surface area contributed by atoms with Gasteiger partial charge in [0.2, 0.25) is 15.9 Å². The molecule has 1 aromatic carbocycles. The summed E-state index contributed by atoms with van der Waals surface area (Å²) in [7, 11) is -2.04. The molecule has 112 valence electrons. The molecule has 0 aliphatic heterocycles. The number of amides is 1. The van der Waals surface area contributed by atoms with Crippen LogP contribution in [0.25, 0.3) is 0 Å². The third kappa shape index (κ3) is 3.72. The monoisotopic (exact) mass is 298 g/mol. The molecule has 1 amide bonds. The van der Waals surface area contributed by atoms with Crippen LogP contribution < -0.4 is 9.62 Å². The summed E-state index contributed by atoms with van der Waals surface area (Å²) in [6.45, 7) is 5.59. The molecule has 0 saturated carbocycles. The number of benzene rings is 1. The standard InChI is InChI=1S/C14H22N2O3S/c1-6-13(14(17)15-4)16(20(5,18)19)12-8-10(2)7-11(3)9-12/h7-9,13H,6H2,1-5H3,(H,15,17)/t13-/m0/s1. The van der Waals surface area contributed by atoms with Crippen molar-refractivity contribution >= 4 is 21.6 Å². The molecular formula is C14H22N2O3S. The van der Waals surface area contributed by atoms with Gasteiger partial charge in [0.25, 0.3) is 0 Å². The Labute approximate surface area is 121 Å². The van der Waals surface area contributed by atoms with Gasteiger partial charge in [-0.05, 0) is 43.5 Å². The van der Waals surface area contributed by atoms with Crippen LogP contribution in [0.3, 0.4) is 0 Å². The molecule has 5 nitrogen and oxygen atoms in total. The third-order valence-corrected chi connectivity index (χ3v) is 4.22. The van der Waals surface area contributed by atoms with E-state index in [2.05, 4.69) is 5.32 Å². The SMILES string of the molecule is CC[C@@H](C(=O)NC)N(c1cc(C)cc(C)c1)S(C)(=O)=O. The van der Waals surface area contributed by atoms with Crippen molar-refractivity contribution in [1.82, 2.24) is 5.32 Å². The van der Waals surface area contributed by atoms with Crippen molar-refractivity contribution in [2.75, 3.05) is 17.6 Å². The maximum absolute atomic E-state index is 12.1. The number of nitrogens with zero attached hydrogens (tertiary/aromatic N) is 1. The van der Waals surface area contributed by atoms with E-state index in [-0.39, 0.29) is 5.91 Å². The molecule has 6 heteroatoms. The summed E-state index contributed by atoms with van der Waals surface area (Å²) in [6.07, 6.45) is 1.52. The second kappa shape index (κ2) is 6.26. The van der Waals surface area contributed by atoms with Crippen molar-refractivity contribution < 1.29 is 13.2 Å². The molecule has 1 aromatic rings. The van der Waals surface area contributed by atoms with E-state index in [4.69, 9.17) is 0 Å². The van der Waals surface area contributed by atoms with Gasteiger partial charge in [0.1, 0.15) is 6.04 Å². The quantitative estimate of drug-likeness (QED) is 0.898. The van der Waals surface area contributed by atoms with Crippen molar-refractivity contribution in [3.05, 3.63) is 29.3 Å². The smallest absolute Gasteiger partial charge is 0.243 e. The Morgan fingerprint density at radius 3 is 2.10 bits per heavy atom. The van der Waals surface area contributed by atoms with Crippen LogP contribution in [0.2, 0.25) is 0 Å². The zero-order valence-corrected chi connectivity index (χ0v) is 13.4. The fourth-order valence-electron chi connectivity index (χ4n) is 2.30. The summed E-state index contributed by atoms with van der Waals surface area (Å²) in [5.41, 5.74) is 2.45. The van der Waals surface area contributed by atoms with Crippen molar-refractivity contribution in [3.8, 4) is 0 Å². The first-order chi connectivity index (χ1) is 9.20. The van der Waals surface area contributed by atoms with Crippen LogP contribution in [-0.2, 0) is 14.8 Å². The average Bonchev–Trinajstić information content (AvgIpc) is 2.31. The normalized spacial score (nSPS) is 12.8. The van der Waals surface area contributed by atoms with Crippen LogP contribution in [0.4, 0.5) is 5.69 Å². The highest BCUT2D eigenvalue weighted by Gasteiger charge is 2.30. The molecule has 0 aliphatic rings. The molecule has 1 N–H and O–H groups in total. The van der Waals surface area contributed by atoms with Gasteiger partial charge in [0, 0.05) is 7.05 Å². The summed E-state index contributed by atoms with van der Waals surface area (Å²) >= 11 is 0. The number of rotatable bonds is 5. The lowest BCUT2D eigenvalue weighted by Crippen LogP contribution is -2.48.